The van der Waals surface area contributed by atoms with Crippen molar-refractivity contribution in [2.24, 2.45) is 5.92 Å². The average Bonchev–Trinajstić information content (AvgIpc) is 2.73. The van der Waals surface area contributed by atoms with Crippen LogP contribution in [0.15, 0.2) is 6.20 Å². The van der Waals surface area contributed by atoms with Crippen LogP contribution in [0.1, 0.15) is 44.1 Å². The lowest BCUT2D eigenvalue weighted by Gasteiger charge is -2.25. The number of hydrogen-bond acceptors (Lipinski definition) is 2. The second kappa shape index (κ2) is 4.81. The van der Waals surface area contributed by atoms with Gasteiger partial charge < -0.3 is 9.30 Å². The summed E-state index contributed by atoms with van der Waals surface area (Å²) in [5.74, 6) is 2.07. The van der Waals surface area contributed by atoms with Crippen LogP contribution in [-0.2, 0) is 24.1 Å². The van der Waals surface area contributed by atoms with E-state index in [4.69, 9.17) is 4.74 Å². The lowest BCUT2D eigenvalue weighted by atomic mass is 9.98. The summed E-state index contributed by atoms with van der Waals surface area (Å²) in [6.07, 6.45) is 9.74. The van der Waals surface area contributed by atoms with Crippen LogP contribution in [0.3, 0.4) is 0 Å². The second-order valence-electron chi connectivity index (χ2n) is 5.61. The smallest absolute Gasteiger partial charge is 0.111 e. The molecule has 3 heterocycles. The van der Waals surface area contributed by atoms with Gasteiger partial charge in [-0.15, -0.1) is 0 Å². The molecule has 1 saturated heterocycles. The molecule has 1 aromatic rings. The number of rotatable bonds is 2. The first-order valence-electron chi connectivity index (χ1n) is 6.98. The molecule has 94 valence electrons. The Bertz CT molecular complexity index is 380. The number of imidazole rings is 1. The molecule has 0 saturated carbocycles. The molecule has 3 rings (SSSR count). The summed E-state index contributed by atoms with van der Waals surface area (Å²) in [6.45, 7) is 4.42. The monoisotopic (exact) mass is 234 g/mol. The van der Waals surface area contributed by atoms with Crippen LogP contribution >= 0.6 is 0 Å². The Morgan fingerprint density at radius 3 is 3.18 bits per heavy atom. The molecule has 2 aliphatic heterocycles. The largest absolute Gasteiger partial charge is 0.378 e. The Morgan fingerprint density at radius 2 is 2.35 bits per heavy atom. The molecular weight excluding hydrogens is 212 g/mol. The van der Waals surface area contributed by atoms with Gasteiger partial charge in [0.2, 0.25) is 0 Å². The van der Waals surface area contributed by atoms with Crippen molar-refractivity contribution >= 4 is 0 Å². The van der Waals surface area contributed by atoms with Crippen molar-refractivity contribution in [2.75, 3.05) is 6.61 Å². The van der Waals surface area contributed by atoms with Crippen LogP contribution < -0.4 is 0 Å². The van der Waals surface area contributed by atoms with E-state index in [2.05, 4.69) is 22.7 Å². The van der Waals surface area contributed by atoms with E-state index in [9.17, 15) is 0 Å². The Morgan fingerprint density at radius 1 is 1.41 bits per heavy atom. The highest BCUT2D eigenvalue weighted by Gasteiger charge is 2.21. The molecule has 0 radical (unpaired) electrons. The molecule has 2 unspecified atom stereocenters. The van der Waals surface area contributed by atoms with Gasteiger partial charge in [0.1, 0.15) is 5.82 Å². The summed E-state index contributed by atoms with van der Waals surface area (Å²) in [4.78, 5) is 4.61. The molecule has 1 fully saturated rings. The summed E-state index contributed by atoms with van der Waals surface area (Å²) in [5, 5.41) is 0. The molecule has 0 aromatic carbocycles. The van der Waals surface area contributed by atoms with E-state index < -0.39 is 0 Å². The van der Waals surface area contributed by atoms with Gasteiger partial charge in [-0.2, -0.15) is 0 Å². The van der Waals surface area contributed by atoms with Crippen LogP contribution in [0, 0.1) is 5.92 Å². The van der Waals surface area contributed by atoms with Gasteiger partial charge in [0.25, 0.3) is 0 Å². The fraction of sp³-hybridized carbons (Fsp3) is 0.786. The number of nitrogens with zero attached hydrogens (tertiary/aromatic N) is 2. The fourth-order valence-corrected chi connectivity index (χ4v) is 3.03. The lowest BCUT2D eigenvalue weighted by molar-refractivity contribution is 0.0150. The van der Waals surface area contributed by atoms with Crippen molar-refractivity contribution in [3.63, 3.8) is 0 Å². The summed E-state index contributed by atoms with van der Waals surface area (Å²) in [5.41, 5.74) is 1.43. The van der Waals surface area contributed by atoms with E-state index in [1.165, 1.54) is 43.6 Å². The topological polar surface area (TPSA) is 27.1 Å². The number of fused-ring (bicyclic) bond motifs is 1. The maximum Gasteiger partial charge on any atom is 0.111 e. The van der Waals surface area contributed by atoms with Crippen LogP contribution in [0.4, 0.5) is 0 Å². The predicted octanol–water partition coefficient (Wildman–Crippen LogP) is 2.58. The highest BCUT2D eigenvalue weighted by atomic mass is 16.5. The predicted molar refractivity (Wildman–Crippen MR) is 67.0 cm³/mol. The SMILES string of the molecule is CC1CCn2c(cnc2CC2CCCCO2)C1. The Balaban J connectivity index is 1.71. The van der Waals surface area contributed by atoms with Crippen molar-refractivity contribution in [1.29, 1.82) is 0 Å². The number of hydrogen-bond donors (Lipinski definition) is 0. The second-order valence-corrected chi connectivity index (χ2v) is 5.61. The van der Waals surface area contributed by atoms with Crippen LogP contribution in [-0.4, -0.2) is 22.3 Å². The molecule has 17 heavy (non-hydrogen) atoms. The maximum absolute atomic E-state index is 5.81. The third kappa shape index (κ3) is 2.39. The summed E-state index contributed by atoms with van der Waals surface area (Å²) >= 11 is 0. The molecule has 0 spiro atoms. The quantitative estimate of drug-likeness (QED) is 0.786. The molecule has 0 bridgehead atoms. The van der Waals surface area contributed by atoms with Crippen LogP contribution in [0.5, 0.6) is 0 Å². The summed E-state index contributed by atoms with van der Waals surface area (Å²) in [7, 11) is 0. The van der Waals surface area contributed by atoms with Gasteiger partial charge in [0.15, 0.2) is 0 Å². The molecule has 2 aliphatic rings. The van der Waals surface area contributed by atoms with E-state index in [0.717, 1.165) is 25.5 Å². The summed E-state index contributed by atoms with van der Waals surface area (Å²) < 4.78 is 8.24. The Labute approximate surface area is 103 Å². The Hall–Kier alpha value is -0.830. The minimum Gasteiger partial charge on any atom is -0.378 e. The van der Waals surface area contributed by atoms with E-state index in [1.807, 2.05) is 0 Å². The van der Waals surface area contributed by atoms with Gasteiger partial charge in [-0.1, -0.05) is 6.92 Å². The molecule has 3 heteroatoms. The highest BCUT2D eigenvalue weighted by molar-refractivity contribution is 5.09. The molecule has 3 nitrogen and oxygen atoms in total. The number of aromatic nitrogens is 2. The first-order valence-corrected chi connectivity index (χ1v) is 6.98. The van der Waals surface area contributed by atoms with Crippen molar-refractivity contribution in [3.05, 3.63) is 17.7 Å². The standard InChI is InChI=1S/C14H22N2O/c1-11-5-6-16-12(8-11)10-15-14(16)9-13-4-2-3-7-17-13/h10-11,13H,2-9H2,1H3. The van der Waals surface area contributed by atoms with Gasteiger partial charge >= 0.3 is 0 Å². The molecule has 1 aromatic heterocycles. The molecule has 0 aliphatic carbocycles. The van der Waals surface area contributed by atoms with Crippen molar-refractivity contribution in [1.82, 2.24) is 9.55 Å². The third-order valence-electron chi connectivity index (χ3n) is 4.11. The van der Waals surface area contributed by atoms with Crippen LogP contribution in [0.25, 0.3) is 0 Å². The minimum atomic E-state index is 0.412. The van der Waals surface area contributed by atoms with E-state index in [-0.39, 0.29) is 0 Å². The van der Waals surface area contributed by atoms with Gasteiger partial charge in [0.05, 0.1) is 6.10 Å². The van der Waals surface area contributed by atoms with Crippen LogP contribution in [0.2, 0.25) is 0 Å². The van der Waals surface area contributed by atoms with Crippen molar-refractivity contribution in [2.45, 2.75) is 58.1 Å². The zero-order valence-corrected chi connectivity index (χ0v) is 10.7. The van der Waals surface area contributed by atoms with E-state index in [0.29, 0.717) is 6.10 Å². The molecule has 0 N–H and O–H groups in total. The zero-order valence-electron chi connectivity index (χ0n) is 10.7. The average molecular weight is 234 g/mol. The first-order chi connectivity index (χ1) is 8.33. The molecule has 0 amide bonds. The van der Waals surface area contributed by atoms with Gasteiger partial charge in [-0.25, -0.2) is 4.98 Å². The maximum atomic E-state index is 5.81. The fourth-order valence-electron chi connectivity index (χ4n) is 3.03. The van der Waals surface area contributed by atoms with E-state index >= 15 is 0 Å². The summed E-state index contributed by atoms with van der Waals surface area (Å²) in [6, 6.07) is 0. The van der Waals surface area contributed by atoms with E-state index in [1.54, 1.807) is 0 Å². The lowest BCUT2D eigenvalue weighted by Crippen LogP contribution is -2.25. The highest BCUT2D eigenvalue weighted by Crippen LogP contribution is 2.23. The number of ether oxygens (including phenoxy) is 1. The molecular formula is C14H22N2O. The first kappa shape index (κ1) is 11.3. The third-order valence-corrected chi connectivity index (χ3v) is 4.11. The normalized spacial score (nSPS) is 29.0. The van der Waals surface area contributed by atoms with Gasteiger partial charge in [0, 0.05) is 31.5 Å². The molecule has 2 atom stereocenters. The zero-order chi connectivity index (χ0) is 11.7. The minimum absolute atomic E-state index is 0.412. The van der Waals surface area contributed by atoms with Gasteiger partial charge in [-0.3, -0.25) is 0 Å². The van der Waals surface area contributed by atoms with Crippen molar-refractivity contribution in [3.8, 4) is 0 Å². The van der Waals surface area contributed by atoms with Gasteiger partial charge in [-0.05, 0) is 38.0 Å². The Kier molecular flexibility index (Phi) is 3.19. The van der Waals surface area contributed by atoms with Crippen molar-refractivity contribution < 1.29 is 4.74 Å².